The lowest BCUT2D eigenvalue weighted by Gasteiger charge is -1.86. The molecule has 0 atom stereocenters. The molecule has 0 heterocycles. The highest BCUT2D eigenvalue weighted by Crippen LogP contribution is 1.84. The Morgan fingerprint density at radius 1 is 1.75 bits per heavy atom. The summed E-state index contributed by atoms with van der Waals surface area (Å²) >= 11 is 0. The van der Waals surface area contributed by atoms with Gasteiger partial charge in [0.1, 0.15) is 0 Å². The van der Waals surface area contributed by atoms with Gasteiger partial charge in [0.25, 0.3) is 0 Å². The highest BCUT2D eigenvalue weighted by atomic mass is 28.2. The predicted octanol–water partition coefficient (Wildman–Crippen LogP) is -0.827. The number of hydrogen-bond acceptors (Lipinski definition) is 3. The molecule has 0 aromatic rings. The van der Waals surface area contributed by atoms with E-state index < -0.39 is 0 Å². The van der Waals surface area contributed by atoms with Crippen molar-refractivity contribution in [3.63, 3.8) is 0 Å². The molecule has 0 rings (SSSR count). The molecule has 0 amide bonds. The van der Waals surface area contributed by atoms with E-state index in [1.54, 1.807) is 0 Å². The summed E-state index contributed by atoms with van der Waals surface area (Å²) in [6, 6.07) is 1.07. The van der Waals surface area contributed by atoms with Crippen LogP contribution in [0.2, 0.25) is 6.04 Å². The Morgan fingerprint density at radius 2 is 2.50 bits per heavy atom. The summed E-state index contributed by atoms with van der Waals surface area (Å²) in [6.45, 7) is 0.605. The monoisotopic (exact) mass is 130 g/mol. The molecule has 0 aromatic carbocycles. The molecule has 0 aliphatic heterocycles. The Hall–Kier alpha value is -0.443. The van der Waals surface area contributed by atoms with Gasteiger partial charge in [-0.2, -0.15) is 0 Å². The van der Waals surface area contributed by atoms with Crippen molar-refractivity contribution in [3.05, 3.63) is 0 Å². The molecule has 0 fully saturated rings. The quantitative estimate of drug-likeness (QED) is 0.234. The van der Waals surface area contributed by atoms with Gasteiger partial charge in [0, 0.05) is 0 Å². The van der Waals surface area contributed by atoms with E-state index in [1.807, 2.05) is 0 Å². The molecular formula is C4H10N2OSi. The lowest BCUT2D eigenvalue weighted by molar-refractivity contribution is 0.562. The Labute approximate surface area is 50.9 Å². The second-order valence-corrected chi connectivity index (χ2v) is 2.75. The van der Waals surface area contributed by atoms with Crippen LogP contribution in [0.1, 0.15) is 6.42 Å². The first-order chi connectivity index (χ1) is 3.91. The van der Waals surface area contributed by atoms with Crippen LogP contribution in [0.25, 0.3) is 0 Å². The third-order valence-electron chi connectivity index (χ3n) is 0.789. The van der Waals surface area contributed by atoms with Gasteiger partial charge in [0.15, 0.2) is 0 Å². The highest BCUT2D eigenvalue weighted by Gasteiger charge is 1.80. The number of hydrogen-bond donors (Lipinski definition) is 1. The molecule has 0 unspecified atom stereocenters. The summed E-state index contributed by atoms with van der Waals surface area (Å²) in [5, 5.41) is 5.31. The number of nitrogens with two attached hydrogens (primary N) is 1. The van der Waals surface area contributed by atoms with Crippen LogP contribution < -0.4 is 5.40 Å². The molecule has 4 heteroatoms. The van der Waals surface area contributed by atoms with Crippen LogP contribution >= 0.6 is 0 Å². The second-order valence-electron chi connectivity index (χ2n) is 1.47. The zero-order valence-electron chi connectivity index (χ0n) is 4.76. The van der Waals surface area contributed by atoms with Crippen LogP contribution in [0.3, 0.4) is 0 Å². The average molecular weight is 130 g/mol. The van der Waals surface area contributed by atoms with Crippen molar-refractivity contribution < 1.29 is 4.79 Å². The fourth-order valence-corrected chi connectivity index (χ4v) is 0.893. The van der Waals surface area contributed by atoms with Crippen molar-refractivity contribution in [2.24, 2.45) is 10.4 Å². The van der Waals surface area contributed by atoms with E-state index in [0.29, 0.717) is 6.54 Å². The zero-order valence-corrected chi connectivity index (χ0v) is 6.18. The maximum absolute atomic E-state index is 9.46. The van der Waals surface area contributed by atoms with E-state index in [4.69, 9.17) is 5.40 Å². The topological polar surface area (TPSA) is 55.4 Å². The summed E-state index contributed by atoms with van der Waals surface area (Å²) in [5.41, 5.74) is 0. The first-order valence-electron chi connectivity index (χ1n) is 2.65. The Kier molecular flexibility index (Phi) is 6.19. The maximum Gasteiger partial charge on any atom is 0.234 e. The van der Waals surface area contributed by atoms with E-state index >= 15 is 0 Å². The molecule has 0 aliphatic rings. The van der Waals surface area contributed by atoms with Gasteiger partial charge in [0.2, 0.25) is 6.08 Å². The average Bonchev–Trinajstić information content (AvgIpc) is 1.81. The number of isocyanates is 1. The molecule has 0 aromatic heterocycles. The van der Waals surface area contributed by atoms with Crippen molar-refractivity contribution >= 4 is 15.8 Å². The lowest BCUT2D eigenvalue weighted by atomic mass is 10.5. The molecule has 0 spiro atoms. The number of aliphatic imine (C=N–C) groups is 1. The standard InChI is InChI=1S/C4H10N2OSi/c5-8-3-1-2-6-4-7/h1-3,5,8H2. The van der Waals surface area contributed by atoms with Crippen molar-refractivity contribution in [2.45, 2.75) is 12.5 Å². The third kappa shape index (κ3) is 5.56. The number of carbonyl (C=O) groups excluding carboxylic acids is 1. The largest absolute Gasteiger partial charge is 0.356 e. The molecule has 0 radical (unpaired) electrons. The molecule has 0 aliphatic carbocycles. The van der Waals surface area contributed by atoms with Gasteiger partial charge in [-0.05, 0) is 12.5 Å². The summed E-state index contributed by atoms with van der Waals surface area (Å²) in [7, 11) is -0.304. The number of nitrogens with zero attached hydrogens (tertiary/aromatic N) is 1. The Bertz CT molecular complexity index is 90.0. The first-order valence-corrected chi connectivity index (χ1v) is 4.47. The second kappa shape index (κ2) is 6.56. The van der Waals surface area contributed by atoms with Gasteiger partial charge in [-0.15, -0.1) is 0 Å². The van der Waals surface area contributed by atoms with E-state index in [-0.39, 0.29) is 9.68 Å². The molecule has 3 nitrogen and oxygen atoms in total. The summed E-state index contributed by atoms with van der Waals surface area (Å²) < 4.78 is 0. The van der Waals surface area contributed by atoms with Crippen LogP contribution in [-0.2, 0) is 4.79 Å². The molecule has 0 bridgehead atoms. The molecule has 0 saturated heterocycles. The Morgan fingerprint density at radius 3 is 3.00 bits per heavy atom. The maximum atomic E-state index is 9.46. The summed E-state index contributed by atoms with van der Waals surface area (Å²) in [5.74, 6) is 0. The fraction of sp³-hybridized carbons (Fsp3) is 0.750. The molecule has 0 saturated carbocycles. The van der Waals surface area contributed by atoms with Gasteiger partial charge >= 0.3 is 0 Å². The molecular weight excluding hydrogens is 120 g/mol. The van der Waals surface area contributed by atoms with Gasteiger partial charge in [-0.3, -0.25) is 0 Å². The van der Waals surface area contributed by atoms with Crippen molar-refractivity contribution in [1.82, 2.24) is 0 Å². The van der Waals surface area contributed by atoms with Crippen LogP contribution in [0, 0.1) is 0 Å². The van der Waals surface area contributed by atoms with Gasteiger partial charge < -0.3 is 5.40 Å². The van der Waals surface area contributed by atoms with Crippen LogP contribution in [0.4, 0.5) is 0 Å². The van der Waals surface area contributed by atoms with Crippen molar-refractivity contribution in [3.8, 4) is 0 Å². The third-order valence-corrected chi connectivity index (χ3v) is 1.70. The summed E-state index contributed by atoms with van der Waals surface area (Å²) in [6.07, 6.45) is 2.43. The lowest BCUT2D eigenvalue weighted by Crippen LogP contribution is -2.03. The van der Waals surface area contributed by atoms with Crippen LogP contribution in [0.5, 0.6) is 0 Å². The highest BCUT2D eigenvalue weighted by molar-refractivity contribution is 6.30. The number of rotatable bonds is 4. The minimum Gasteiger partial charge on any atom is -0.356 e. The van der Waals surface area contributed by atoms with Crippen LogP contribution in [0.15, 0.2) is 4.99 Å². The zero-order chi connectivity index (χ0) is 6.24. The SMILES string of the molecule is N[SiH2]CCCN=C=O. The van der Waals surface area contributed by atoms with Crippen LogP contribution in [-0.4, -0.2) is 22.3 Å². The van der Waals surface area contributed by atoms with E-state index in [2.05, 4.69) is 4.99 Å². The van der Waals surface area contributed by atoms with E-state index in [9.17, 15) is 4.79 Å². The van der Waals surface area contributed by atoms with Gasteiger partial charge in [0.05, 0.1) is 16.2 Å². The predicted molar refractivity (Wildman–Crippen MR) is 35.1 cm³/mol. The normalized spacial score (nSPS) is 9.62. The minimum atomic E-state index is -0.304. The molecule has 46 valence electrons. The first kappa shape index (κ1) is 7.56. The van der Waals surface area contributed by atoms with Crippen molar-refractivity contribution in [1.29, 1.82) is 0 Å². The molecule has 8 heavy (non-hydrogen) atoms. The minimum absolute atomic E-state index is 0.304. The van der Waals surface area contributed by atoms with E-state index in [0.717, 1.165) is 12.5 Å². The van der Waals surface area contributed by atoms with Gasteiger partial charge in [-0.1, -0.05) is 0 Å². The fourth-order valence-electron chi connectivity index (χ4n) is 0.381. The van der Waals surface area contributed by atoms with Crippen molar-refractivity contribution in [2.75, 3.05) is 6.54 Å². The Balaban J connectivity index is 2.82. The van der Waals surface area contributed by atoms with E-state index in [1.165, 1.54) is 6.08 Å². The van der Waals surface area contributed by atoms with Gasteiger partial charge in [-0.25, -0.2) is 9.79 Å². The molecule has 2 N–H and O–H groups in total. The smallest absolute Gasteiger partial charge is 0.234 e. The summed E-state index contributed by atoms with van der Waals surface area (Å²) in [4.78, 5) is 12.8.